The summed E-state index contributed by atoms with van der Waals surface area (Å²) in [6.45, 7) is 3.91. The number of hydrogen-bond acceptors (Lipinski definition) is 3. The van der Waals surface area contributed by atoms with Gasteiger partial charge in [-0.25, -0.2) is 9.97 Å². The molecule has 1 heterocycles. The molecule has 0 spiro atoms. The van der Waals surface area contributed by atoms with Gasteiger partial charge in [-0.15, -0.1) is 0 Å². The minimum Gasteiger partial charge on any atom is -0.332 e. The first-order valence-corrected chi connectivity index (χ1v) is 8.08. The third-order valence-corrected chi connectivity index (χ3v) is 3.70. The van der Waals surface area contributed by atoms with Crippen LogP contribution in [0.3, 0.4) is 0 Å². The Morgan fingerprint density at radius 3 is 1.96 bits per heavy atom. The topological polar surface area (TPSA) is 41.1 Å². The molecule has 0 radical (unpaired) electrons. The van der Waals surface area contributed by atoms with Crippen molar-refractivity contribution in [2.24, 2.45) is 0 Å². The van der Waals surface area contributed by atoms with E-state index < -0.39 is 0 Å². The fourth-order valence-electron chi connectivity index (χ4n) is 2.41. The number of para-hydroxylation sites is 2. The third kappa shape index (κ3) is 5.09. The van der Waals surface area contributed by atoms with E-state index in [-0.39, 0.29) is 29.6 Å². The van der Waals surface area contributed by atoms with Gasteiger partial charge in [0, 0.05) is 17.1 Å². The zero-order valence-corrected chi connectivity index (χ0v) is 17.4. The minimum absolute atomic E-state index is 0. The second-order valence-corrected chi connectivity index (χ2v) is 5.80. The van der Waals surface area contributed by atoms with Crippen LogP contribution in [0, 0.1) is 13.8 Å². The summed E-state index contributed by atoms with van der Waals surface area (Å²) in [5.74, 6) is 0.562. The van der Waals surface area contributed by atoms with Crippen molar-refractivity contribution in [3.8, 4) is 0 Å². The molecular formula is C19H18N4NaS+. The largest absolute Gasteiger partial charge is 1.00 e. The summed E-state index contributed by atoms with van der Waals surface area (Å²) in [4.78, 5) is 11.0. The molecule has 0 fully saturated rings. The van der Waals surface area contributed by atoms with Gasteiger partial charge in [0.15, 0.2) is 5.11 Å². The summed E-state index contributed by atoms with van der Waals surface area (Å²) in [5.41, 5.74) is 3.64. The average Bonchev–Trinajstić information content (AvgIpc) is 2.56. The van der Waals surface area contributed by atoms with Crippen molar-refractivity contribution in [3.05, 3.63) is 78.1 Å². The molecule has 0 saturated heterocycles. The first-order valence-electron chi connectivity index (χ1n) is 7.67. The molecule has 120 valence electrons. The summed E-state index contributed by atoms with van der Waals surface area (Å²) >= 11 is 5.64. The molecular weight excluding hydrogens is 339 g/mol. The van der Waals surface area contributed by atoms with Crippen LogP contribution in [0.1, 0.15) is 11.4 Å². The predicted molar refractivity (Wildman–Crippen MR) is 103 cm³/mol. The number of thiocarbonyl (C=S) groups is 1. The summed E-state index contributed by atoms with van der Waals surface area (Å²) in [6, 6.07) is 21.7. The molecule has 6 heteroatoms. The molecule has 0 aliphatic carbocycles. The molecule has 0 unspecified atom stereocenters. The molecule has 3 rings (SSSR count). The van der Waals surface area contributed by atoms with Crippen molar-refractivity contribution in [1.29, 1.82) is 0 Å². The number of anilines is 3. The zero-order valence-electron chi connectivity index (χ0n) is 14.6. The quantitative estimate of drug-likeness (QED) is 0.570. The number of aryl methyl sites for hydroxylation is 2. The SMILES string of the molecule is Cc1cc(C)nc(N(C(=S)Nc2ccccc2)c2ccccc2)n1.[Na+]. The van der Waals surface area contributed by atoms with Crippen molar-refractivity contribution >= 4 is 34.7 Å². The molecule has 0 amide bonds. The van der Waals surface area contributed by atoms with Gasteiger partial charge in [-0.2, -0.15) is 0 Å². The van der Waals surface area contributed by atoms with Gasteiger partial charge >= 0.3 is 29.6 Å². The van der Waals surface area contributed by atoms with E-state index in [1.165, 1.54) is 0 Å². The number of aromatic nitrogens is 2. The van der Waals surface area contributed by atoms with Crippen LogP contribution in [-0.2, 0) is 0 Å². The Hall–Kier alpha value is -1.79. The van der Waals surface area contributed by atoms with Crippen LogP contribution >= 0.6 is 12.2 Å². The van der Waals surface area contributed by atoms with Gasteiger partial charge < -0.3 is 5.32 Å². The molecule has 1 aromatic heterocycles. The van der Waals surface area contributed by atoms with Crippen LogP contribution in [-0.4, -0.2) is 15.1 Å². The van der Waals surface area contributed by atoms with E-state index in [1.807, 2.05) is 85.5 Å². The molecule has 4 nitrogen and oxygen atoms in total. The summed E-state index contributed by atoms with van der Waals surface area (Å²) in [7, 11) is 0. The second-order valence-electron chi connectivity index (χ2n) is 5.42. The summed E-state index contributed by atoms with van der Waals surface area (Å²) in [5, 5.41) is 3.78. The Morgan fingerprint density at radius 2 is 1.40 bits per heavy atom. The molecule has 0 aliphatic rings. The van der Waals surface area contributed by atoms with Gasteiger partial charge in [0.05, 0.1) is 5.69 Å². The van der Waals surface area contributed by atoms with Crippen molar-refractivity contribution in [1.82, 2.24) is 9.97 Å². The third-order valence-electron chi connectivity index (χ3n) is 3.41. The van der Waals surface area contributed by atoms with Gasteiger partial charge in [0.25, 0.3) is 0 Å². The molecule has 1 N–H and O–H groups in total. The van der Waals surface area contributed by atoms with E-state index in [0.29, 0.717) is 11.1 Å². The van der Waals surface area contributed by atoms with Crippen LogP contribution < -0.4 is 39.8 Å². The van der Waals surface area contributed by atoms with Gasteiger partial charge in [-0.1, -0.05) is 36.4 Å². The minimum atomic E-state index is 0. The first kappa shape index (κ1) is 19.5. The van der Waals surface area contributed by atoms with E-state index in [0.717, 1.165) is 22.8 Å². The molecule has 3 aromatic rings. The van der Waals surface area contributed by atoms with Crippen LogP contribution in [0.4, 0.5) is 17.3 Å². The average molecular weight is 357 g/mol. The Kier molecular flexibility index (Phi) is 7.08. The molecule has 2 aromatic carbocycles. The number of nitrogens with zero attached hydrogens (tertiary/aromatic N) is 3. The second kappa shape index (κ2) is 9.06. The fourth-order valence-corrected chi connectivity index (χ4v) is 2.71. The Balaban J connectivity index is 0.00000225. The maximum atomic E-state index is 5.64. The van der Waals surface area contributed by atoms with Crippen molar-refractivity contribution < 1.29 is 29.6 Å². The summed E-state index contributed by atoms with van der Waals surface area (Å²) < 4.78 is 0. The van der Waals surface area contributed by atoms with Crippen molar-refractivity contribution in [2.75, 3.05) is 10.2 Å². The standard InChI is InChI=1S/C19H18N4S.Na/c1-14-13-15(2)21-18(20-14)23(17-11-7-4-8-12-17)19(24)22-16-9-5-3-6-10-16;/h3-13H,1-2H3,(H,22,24);/q;+1. The number of hydrogen-bond donors (Lipinski definition) is 1. The van der Waals surface area contributed by atoms with Crippen molar-refractivity contribution in [2.45, 2.75) is 13.8 Å². The van der Waals surface area contributed by atoms with Crippen molar-refractivity contribution in [3.63, 3.8) is 0 Å². The molecule has 0 saturated carbocycles. The Morgan fingerprint density at radius 1 is 0.880 bits per heavy atom. The number of benzene rings is 2. The smallest absolute Gasteiger partial charge is 0.332 e. The van der Waals surface area contributed by atoms with Gasteiger partial charge in [-0.3, -0.25) is 4.90 Å². The first-order chi connectivity index (χ1) is 11.6. The zero-order chi connectivity index (χ0) is 16.9. The van der Waals surface area contributed by atoms with Gasteiger partial charge in [0.2, 0.25) is 5.95 Å². The Bertz CT molecular complexity index is 820. The van der Waals surface area contributed by atoms with E-state index >= 15 is 0 Å². The molecule has 0 bridgehead atoms. The van der Waals surface area contributed by atoms with Crippen LogP contribution in [0.5, 0.6) is 0 Å². The van der Waals surface area contributed by atoms with Crippen LogP contribution in [0.2, 0.25) is 0 Å². The normalized spacial score (nSPS) is 9.84. The van der Waals surface area contributed by atoms with E-state index in [1.54, 1.807) is 0 Å². The van der Waals surface area contributed by atoms with Crippen LogP contribution in [0.25, 0.3) is 0 Å². The predicted octanol–water partition coefficient (Wildman–Crippen LogP) is 1.63. The monoisotopic (exact) mass is 357 g/mol. The fraction of sp³-hybridized carbons (Fsp3) is 0.105. The number of rotatable bonds is 3. The summed E-state index contributed by atoms with van der Waals surface area (Å²) in [6.07, 6.45) is 0. The maximum absolute atomic E-state index is 5.64. The molecule has 25 heavy (non-hydrogen) atoms. The van der Waals surface area contributed by atoms with E-state index in [4.69, 9.17) is 12.2 Å². The molecule has 0 aliphatic heterocycles. The van der Waals surface area contributed by atoms with Crippen LogP contribution in [0.15, 0.2) is 66.7 Å². The number of nitrogens with one attached hydrogen (secondary N) is 1. The van der Waals surface area contributed by atoms with Gasteiger partial charge in [0.1, 0.15) is 0 Å². The Labute approximate surface area is 175 Å². The molecule has 0 atom stereocenters. The van der Waals surface area contributed by atoms with E-state index in [9.17, 15) is 0 Å². The maximum Gasteiger partial charge on any atom is 1.00 e. The van der Waals surface area contributed by atoms with E-state index in [2.05, 4.69) is 15.3 Å². The van der Waals surface area contributed by atoms with Gasteiger partial charge in [-0.05, 0) is 56.4 Å².